The van der Waals surface area contributed by atoms with Gasteiger partial charge in [-0.2, -0.15) is 9.78 Å². The number of nitrogens with two attached hydrogens (primary N) is 1. The van der Waals surface area contributed by atoms with Gasteiger partial charge in [-0.05, 0) is 12.1 Å². The first-order chi connectivity index (χ1) is 15.0. The van der Waals surface area contributed by atoms with E-state index in [-0.39, 0.29) is 23.6 Å². The summed E-state index contributed by atoms with van der Waals surface area (Å²) in [5.41, 5.74) is 8.64. The number of amides is 1. The molecule has 10 nitrogen and oxygen atoms in total. The number of carbonyl (C=O) groups is 1. The zero-order valence-electron chi connectivity index (χ0n) is 16.2. The lowest BCUT2D eigenvalue weighted by Crippen LogP contribution is -2.24. The van der Waals surface area contributed by atoms with Crippen LogP contribution in [0.2, 0.25) is 0 Å². The van der Waals surface area contributed by atoms with Crippen LogP contribution in [0.1, 0.15) is 15.9 Å². The van der Waals surface area contributed by atoms with E-state index in [1.807, 2.05) is 12.1 Å². The molecule has 0 aliphatic rings. The van der Waals surface area contributed by atoms with Crippen molar-refractivity contribution in [2.75, 3.05) is 12.3 Å². The van der Waals surface area contributed by atoms with Gasteiger partial charge in [-0.25, -0.2) is 9.97 Å². The fourth-order valence-electron chi connectivity index (χ4n) is 3.08. The van der Waals surface area contributed by atoms with Crippen LogP contribution < -0.4 is 11.1 Å². The van der Waals surface area contributed by atoms with Gasteiger partial charge in [-0.3, -0.25) is 14.9 Å². The van der Waals surface area contributed by atoms with Crippen LogP contribution in [0.5, 0.6) is 0 Å². The fourth-order valence-corrected chi connectivity index (χ4v) is 3.08. The number of non-ortho nitro benzene ring substituents is 1. The number of fused-ring (bicyclic) bond motifs is 2. The Morgan fingerprint density at radius 3 is 2.68 bits per heavy atom. The van der Waals surface area contributed by atoms with Crippen LogP contribution in [-0.4, -0.2) is 38.2 Å². The van der Waals surface area contributed by atoms with Crippen LogP contribution in [0.25, 0.3) is 22.2 Å². The number of nitrogens with zero attached hydrogens (tertiary/aromatic N) is 5. The maximum Gasteiger partial charge on any atom is 0.270 e. The summed E-state index contributed by atoms with van der Waals surface area (Å²) in [6, 6.07) is 13.2. The van der Waals surface area contributed by atoms with Crippen molar-refractivity contribution in [3.05, 3.63) is 82.4 Å². The first-order valence-electron chi connectivity index (χ1n) is 9.24. The SMILES string of the molecule is C=CCNC(=O)c1c(N)n(/N=C\c2cccc([N+](=O)[O-])c2)c2nc3ccccc3nc12. The van der Waals surface area contributed by atoms with Gasteiger partial charge >= 0.3 is 0 Å². The van der Waals surface area contributed by atoms with Crippen molar-refractivity contribution >= 4 is 45.8 Å². The summed E-state index contributed by atoms with van der Waals surface area (Å²) < 4.78 is 1.30. The van der Waals surface area contributed by atoms with Gasteiger partial charge in [0.25, 0.3) is 11.6 Å². The molecule has 2 aromatic carbocycles. The van der Waals surface area contributed by atoms with Crippen molar-refractivity contribution < 1.29 is 9.72 Å². The molecule has 0 atom stereocenters. The minimum Gasteiger partial charge on any atom is -0.383 e. The highest BCUT2D eigenvalue weighted by Gasteiger charge is 2.23. The number of carbonyl (C=O) groups excluding carboxylic acids is 1. The highest BCUT2D eigenvalue weighted by Crippen LogP contribution is 2.27. The molecule has 10 heteroatoms. The van der Waals surface area contributed by atoms with Crippen LogP contribution in [0, 0.1) is 10.1 Å². The molecular weight excluding hydrogens is 398 g/mol. The van der Waals surface area contributed by atoms with Gasteiger partial charge in [0.1, 0.15) is 16.9 Å². The highest BCUT2D eigenvalue weighted by atomic mass is 16.6. The van der Waals surface area contributed by atoms with E-state index in [0.29, 0.717) is 27.8 Å². The van der Waals surface area contributed by atoms with Crippen LogP contribution in [0.15, 0.2) is 66.3 Å². The monoisotopic (exact) mass is 415 g/mol. The molecule has 0 aliphatic heterocycles. The molecule has 2 aromatic heterocycles. The number of aromatic nitrogens is 3. The van der Waals surface area contributed by atoms with E-state index < -0.39 is 10.8 Å². The lowest BCUT2D eigenvalue weighted by atomic mass is 10.2. The van der Waals surface area contributed by atoms with E-state index in [0.717, 1.165) is 0 Å². The molecule has 2 heterocycles. The minimum absolute atomic E-state index is 0.0496. The molecule has 0 spiro atoms. The van der Waals surface area contributed by atoms with Crippen molar-refractivity contribution in [3.63, 3.8) is 0 Å². The van der Waals surface area contributed by atoms with Gasteiger partial charge < -0.3 is 11.1 Å². The van der Waals surface area contributed by atoms with Crippen LogP contribution >= 0.6 is 0 Å². The van der Waals surface area contributed by atoms with Gasteiger partial charge in [0, 0.05) is 24.2 Å². The Balaban J connectivity index is 1.89. The zero-order chi connectivity index (χ0) is 22.0. The average Bonchev–Trinajstić information content (AvgIpc) is 3.04. The Morgan fingerprint density at radius 2 is 1.97 bits per heavy atom. The molecule has 31 heavy (non-hydrogen) atoms. The third-order valence-corrected chi connectivity index (χ3v) is 4.51. The summed E-state index contributed by atoms with van der Waals surface area (Å²) in [6.45, 7) is 3.84. The van der Waals surface area contributed by atoms with Gasteiger partial charge in [0.15, 0.2) is 5.65 Å². The smallest absolute Gasteiger partial charge is 0.270 e. The fraction of sp³-hybridized carbons (Fsp3) is 0.0476. The summed E-state index contributed by atoms with van der Waals surface area (Å²) in [5.74, 6) is -0.384. The van der Waals surface area contributed by atoms with E-state index in [1.54, 1.807) is 30.3 Å². The molecule has 154 valence electrons. The second-order valence-corrected chi connectivity index (χ2v) is 6.55. The Kier molecular flexibility index (Phi) is 5.10. The number of nitro groups is 1. The largest absolute Gasteiger partial charge is 0.383 e. The average molecular weight is 415 g/mol. The molecule has 0 aliphatic carbocycles. The molecule has 0 saturated carbocycles. The van der Waals surface area contributed by atoms with Crippen LogP contribution in [-0.2, 0) is 0 Å². The summed E-state index contributed by atoms with van der Waals surface area (Å²) in [4.78, 5) is 32.4. The molecule has 1 amide bonds. The number of benzene rings is 2. The molecule has 0 unspecified atom stereocenters. The Hall–Kier alpha value is -4.60. The number of nitrogens with one attached hydrogen (secondary N) is 1. The number of para-hydroxylation sites is 2. The summed E-state index contributed by atoms with van der Waals surface area (Å²) in [7, 11) is 0. The van der Waals surface area contributed by atoms with E-state index in [2.05, 4.69) is 27.0 Å². The third kappa shape index (κ3) is 3.69. The van der Waals surface area contributed by atoms with Gasteiger partial charge in [-0.1, -0.05) is 30.3 Å². The summed E-state index contributed by atoms with van der Waals surface area (Å²) >= 11 is 0. The maximum absolute atomic E-state index is 12.7. The number of hydrogen-bond donors (Lipinski definition) is 2. The number of hydrogen-bond acceptors (Lipinski definition) is 7. The van der Waals surface area contributed by atoms with Crippen molar-refractivity contribution in [2.45, 2.75) is 0 Å². The van der Waals surface area contributed by atoms with E-state index in [9.17, 15) is 14.9 Å². The van der Waals surface area contributed by atoms with Crippen molar-refractivity contribution in [1.82, 2.24) is 20.0 Å². The third-order valence-electron chi connectivity index (χ3n) is 4.51. The first-order valence-corrected chi connectivity index (χ1v) is 9.24. The quantitative estimate of drug-likeness (QED) is 0.215. The van der Waals surface area contributed by atoms with Gasteiger partial charge in [0.05, 0.1) is 22.2 Å². The predicted molar refractivity (Wildman–Crippen MR) is 118 cm³/mol. The van der Waals surface area contributed by atoms with Crippen molar-refractivity contribution in [3.8, 4) is 0 Å². The van der Waals surface area contributed by atoms with Crippen molar-refractivity contribution in [1.29, 1.82) is 0 Å². The van der Waals surface area contributed by atoms with E-state index >= 15 is 0 Å². The molecule has 0 fully saturated rings. The molecule has 3 N–H and O–H groups in total. The lowest BCUT2D eigenvalue weighted by Gasteiger charge is -2.02. The lowest BCUT2D eigenvalue weighted by molar-refractivity contribution is -0.384. The molecule has 0 bridgehead atoms. The van der Waals surface area contributed by atoms with Crippen LogP contribution in [0.4, 0.5) is 11.5 Å². The van der Waals surface area contributed by atoms with E-state index in [1.165, 1.54) is 23.0 Å². The normalized spacial score (nSPS) is 11.2. The standard InChI is InChI=1S/C21H17N7O3/c1-2-10-23-21(29)17-18-20(26-16-9-4-3-8-15(16)25-18)27(19(17)22)24-12-13-6-5-7-14(11-13)28(30)31/h2-9,11-12H,1,10,22H2,(H,23,29)/b24-12-. The number of rotatable bonds is 6. The molecule has 0 saturated heterocycles. The van der Waals surface area contributed by atoms with Crippen molar-refractivity contribution in [2.24, 2.45) is 5.10 Å². The van der Waals surface area contributed by atoms with Gasteiger partial charge in [-0.15, -0.1) is 6.58 Å². The van der Waals surface area contributed by atoms with Crippen LogP contribution in [0.3, 0.4) is 0 Å². The molecule has 4 rings (SSSR count). The molecule has 0 radical (unpaired) electrons. The number of nitrogen functional groups attached to an aromatic ring is 1. The molecule has 4 aromatic rings. The summed E-state index contributed by atoms with van der Waals surface area (Å²) in [6.07, 6.45) is 2.96. The zero-order valence-corrected chi connectivity index (χ0v) is 16.2. The summed E-state index contributed by atoms with van der Waals surface area (Å²) in [5, 5.41) is 18.0. The van der Waals surface area contributed by atoms with E-state index in [4.69, 9.17) is 5.73 Å². The topological polar surface area (TPSA) is 141 Å². The second kappa shape index (κ2) is 8.03. The second-order valence-electron chi connectivity index (χ2n) is 6.55. The predicted octanol–water partition coefficient (Wildman–Crippen LogP) is 2.87. The Bertz CT molecular complexity index is 1370. The van der Waals surface area contributed by atoms with Gasteiger partial charge in [0.2, 0.25) is 0 Å². The molecular formula is C21H17N7O3. The highest BCUT2D eigenvalue weighted by molar-refractivity contribution is 6.10. The minimum atomic E-state index is -0.490. The Labute approximate surface area is 175 Å². The Morgan fingerprint density at radius 1 is 1.23 bits per heavy atom. The maximum atomic E-state index is 12.7. The first kappa shape index (κ1) is 19.7. The number of anilines is 1. The number of nitro benzene ring substituents is 1.